The lowest BCUT2D eigenvalue weighted by Crippen LogP contribution is -2.30. The number of aromatic amines is 2. The second kappa shape index (κ2) is 10.3. The Kier molecular flexibility index (Phi) is 6.33. The third-order valence-electron chi connectivity index (χ3n) is 7.50. The number of piperidine rings is 1. The van der Waals surface area contributed by atoms with Crippen molar-refractivity contribution in [2.24, 2.45) is 5.92 Å². The average Bonchev–Trinajstić information content (AvgIpc) is 3.71. The first-order valence-corrected chi connectivity index (χ1v) is 14.3. The van der Waals surface area contributed by atoms with Crippen molar-refractivity contribution in [3.8, 4) is 33.1 Å². The lowest BCUT2D eigenvalue weighted by molar-refractivity contribution is -0.117. The minimum atomic E-state index is 0.0248. The van der Waals surface area contributed by atoms with Crippen LogP contribution in [0, 0.1) is 12.8 Å². The maximum atomic E-state index is 12.7. The van der Waals surface area contributed by atoms with Gasteiger partial charge in [-0.1, -0.05) is 0 Å². The third-order valence-corrected chi connectivity index (χ3v) is 8.54. The molecule has 10 heteroatoms. The zero-order chi connectivity index (χ0) is 27.1. The van der Waals surface area contributed by atoms with Crippen LogP contribution >= 0.6 is 11.3 Å². The minimum Gasteiger partial charge on any atom is -0.352 e. The predicted molar refractivity (Wildman–Crippen MR) is 159 cm³/mol. The molecule has 1 aliphatic rings. The second-order valence-corrected chi connectivity index (χ2v) is 11.6. The van der Waals surface area contributed by atoms with E-state index in [2.05, 4.69) is 65.9 Å². The molecule has 0 spiro atoms. The summed E-state index contributed by atoms with van der Waals surface area (Å²) in [6.07, 6.45) is 11.6. The maximum absolute atomic E-state index is 12.7. The Balaban J connectivity index is 1.19. The van der Waals surface area contributed by atoms with Crippen LogP contribution in [0.2, 0.25) is 0 Å². The van der Waals surface area contributed by atoms with Gasteiger partial charge in [-0.25, -0.2) is 0 Å². The largest absolute Gasteiger partial charge is 0.352 e. The van der Waals surface area contributed by atoms with Gasteiger partial charge < -0.3 is 15.6 Å². The number of carbonyl (C=O) groups excluding carboxylic acids is 1. The Morgan fingerprint density at radius 3 is 2.73 bits per heavy atom. The Labute approximate surface area is 234 Å². The van der Waals surface area contributed by atoms with Gasteiger partial charge in [-0.2, -0.15) is 5.10 Å². The van der Waals surface area contributed by atoms with Crippen LogP contribution in [-0.2, 0) is 4.79 Å². The molecule has 40 heavy (non-hydrogen) atoms. The van der Waals surface area contributed by atoms with Gasteiger partial charge in [-0.05, 0) is 69.1 Å². The number of aryl methyl sites for hydroxylation is 1. The number of carbonyl (C=O) groups is 1. The van der Waals surface area contributed by atoms with Crippen molar-refractivity contribution in [1.82, 2.24) is 35.5 Å². The van der Waals surface area contributed by atoms with E-state index in [1.807, 2.05) is 24.5 Å². The van der Waals surface area contributed by atoms with Crippen molar-refractivity contribution in [2.45, 2.75) is 26.2 Å². The highest BCUT2D eigenvalue weighted by Gasteiger charge is 2.18. The van der Waals surface area contributed by atoms with Gasteiger partial charge in [0, 0.05) is 50.5 Å². The lowest BCUT2D eigenvalue weighted by atomic mass is 9.94. The number of nitrogens with zero attached hydrogens (tertiary/aromatic N) is 4. The van der Waals surface area contributed by atoms with Crippen LogP contribution < -0.4 is 10.6 Å². The minimum absolute atomic E-state index is 0.0248. The molecule has 7 heterocycles. The van der Waals surface area contributed by atoms with Crippen LogP contribution in [0.5, 0.6) is 0 Å². The smallest absolute Gasteiger partial charge is 0.224 e. The number of amides is 1. The van der Waals surface area contributed by atoms with Crippen LogP contribution in [-0.4, -0.2) is 49.1 Å². The molecule has 200 valence electrons. The maximum Gasteiger partial charge on any atom is 0.224 e. The molecule has 0 aliphatic carbocycles. The van der Waals surface area contributed by atoms with Gasteiger partial charge in [0.05, 0.1) is 46.7 Å². The van der Waals surface area contributed by atoms with Gasteiger partial charge in [0.1, 0.15) is 5.69 Å². The molecule has 7 rings (SSSR count). The summed E-state index contributed by atoms with van der Waals surface area (Å²) in [6.45, 7) is 4.06. The van der Waals surface area contributed by atoms with Crippen LogP contribution in [0.15, 0.2) is 61.3 Å². The molecule has 0 unspecified atom stereocenters. The van der Waals surface area contributed by atoms with E-state index in [-0.39, 0.29) is 5.91 Å². The summed E-state index contributed by atoms with van der Waals surface area (Å²) < 4.78 is 0. The van der Waals surface area contributed by atoms with E-state index in [1.165, 1.54) is 9.75 Å². The molecule has 0 saturated carbocycles. The summed E-state index contributed by atoms with van der Waals surface area (Å²) in [6, 6.07) is 10.3. The molecule has 4 N–H and O–H groups in total. The van der Waals surface area contributed by atoms with Crippen molar-refractivity contribution >= 4 is 44.7 Å². The molecule has 0 aromatic carbocycles. The topological polar surface area (TPSA) is 124 Å². The number of nitrogens with one attached hydrogen (secondary N) is 4. The Morgan fingerprint density at radius 2 is 1.88 bits per heavy atom. The molecule has 0 atom stereocenters. The molecular formula is C30H28N8OS. The van der Waals surface area contributed by atoms with Crippen molar-refractivity contribution in [3.05, 3.63) is 66.2 Å². The molecule has 0 radical (unpaired) electrons. The van der Waals surface area contributed by atoms with Gasteiger partial charge in [0.2, 0.25) is 5.91 Å². The molecule has 6 aromatic rings. The van der Waals surface area contributed by atoms with Crippen LogP contribution in [0.3, 0.4) is 0 Å². The number of pyridine rings is 3. The fourth-order valence-electron chi connectivity index (χ4n) is 5.44. The Morgan fingerprint density at radius 1 is 1.00 bits per heavy atom. The van der Waals surface area contributed by atoms with Gasteiger partial charge in [-0.3, -0.25) is 24.8 Å². The third kappa shape index (κ3) is 4.76. The highest BCUT2D eigenvalue weighted by Crippen LogP contribution is 2.36. The number of H-pyrrole nitrogens is 2. The average molecular weight is 549 g/mol. The Hall–Kier alpha value is -4.41. The number of rotatable bonds is 6. The summed E-state index contributed by atoms with van der Waals surface area (Å²) in [7, 11) is 0. The van der Waals surface area contributed by atoms with Crippen molar-refractivity contribution in [1.29, 1.82) is 0 Å². The zero-order valence-electron chi connectivity index (χ0n) is 22.0. The number of hydrogen-bond acceptors (Lipinski definition) is 7. The lowest BCUT2D eigenvalue weighted by Gasteiger charge is -2.21. The number of fused-ring (bicyclic) bond motifs is 2. The predicted octanol–water partition coefficient (Wildman–Crippen LogP) is 5.93. The second-order valence-electron chi connectivity index (χ2n) is 10.3. The van der Waals surface area contributed by atoms with E-state index in [9.17, 15) is 4.79 Å². The quantitative estimate of drug-likeness (QED) is 0.205. The fourth-order valence-corrected chi connectivity index (χ4v) is 6.33. The van der Waals surface area contributed by atoms with Crippen molar-refractivity contribution < 1.29 is 4.79 Å². The first kappa shape index (κ1) is 24.6. The summed E-state index contributed by atoms with van der Waals surface area (Å²) in [5.74, 6) is 0.448. The number of anilines is 1. The Bertz CT molecular complexity index is 1850. The van der Waals surface area contributed by atoms with Crippen LogP contribution in [0.25, 0.3) is 54.9 Å². The van der Waals surface area contributed by atoms with Gasteiger partial charge in [-0.15, -0.1) is 11.3 Å². The van der Waals surface area contributed by atoms with E-state index in [0.717, 1.165) is 75.9 Å². The number of thiophene rings is 1. The normalized spacial score (nSPS) is 14.2. The molecule has 6 aromatic heterocycles. The van der Waals surface area contributed by atoms with Gasteiger partial charge in [0.25, 0.3) is 0 Å². The highest BCUT2D eigenvalue weighted by atomic mass is 32.1. The first-order chi connectivity index (χ1) is 19.6. The van der Waals surface area contributed by atoms with Crippen molar-refractivity contribution in [3.63, 3.8) is 0 Å². The summed E-state index contributed by atoms with van der Waals surface area (Å²) in [4.78, 5) is 32.1. The fraction of sp³-hybridized carbons (Fsp3) is 0.233. The molecular weight excluding hydrogens is 520 g/mol. The summed E-state index contributed by atoms with van der Waals surface area (Å²) in [5, 5.41) is 16.2. The zero-order valence-corrected chi connectivity index (χ0v) is 22.8. The molecule has 1 aliphatic heterocycles. The molecule has 1 amide bonds. The van der Waals surface area contributed by atoms with E-state index in [1.54, 1.807) is 29.9 Å². The molecule has 0 bridgehead atoms. The van der Waals surface area contributed by atoms with Gasteiger partial charge >= 0.3 is 0 Å². The van der Waals surface area contributed by atoms with E-state index in [0.29, 0.717) is 18.0 Å². The SMILES string of the molecule is Cc1ccc(-c2cncc3[nH]c(-c4n[nH]c5cnc(-c6cncc(NC(=O)CC7CCNCC7)c6)cc45)cc23)s1. The number of hydrogen-bond donors (Lipinski definition) is 4. The van der Waals surface area contributed by atoms with E-state index in [4.69, 9.17) is 0 Å². The molecule has 1 fully saturated rings. The highest BCUT2D eigenvalue weighted by molar-refractivity contribution is 7.15. The van der Waals surface area contributed by atoms with Crippen LogP contribution in [0.4, 0.5) is 5.69 Å². The van der Waals surface area contributed by atoms with E-state index < -0.39 is 0 Å². The standard InChI is InChI=1S/C30H28N8OS/c1-17-2-3-28(40-17)23-14-33-15-26-21(23)10-25(36-26)30-22-11-24(34-16-27(22)37-38-30)19-9-20(13-32-12-19)35-29(39)8-18-4-6-31-7-5-18/h2-3,9-16,18,31,36H,4-8H2,1H3,(H,35,39)(H,37,38). The van der Waals surface area contributed by atoms with E-state index >= 15 is 0 Å². The monoisotopic (exact) mass is 548 g/mol. The summed E-state index contributed by atoms with van der Waals surface area (Å²) in [5.41, 5.74) is 6.86. The molecule has 1 saturated heterocycles. The van der Waals surface area contributed by atoms with Gasteiger partial charge in [0.15, 0.2) is 0 Å². The number of aromatic nitrogens is 6. The van der Waals surface area contributed by atoms with Crippen molar-refractivity contribution in [2.75, 3.05) is 18.4 Å². The van der Waals surface area contributed by atoms with Crippen LogP contribution in [0.1, 0.15) is 24.1 Å². The molecule has 9 nitrogen and oxygen atoms in total. The summed E-state index contributed by atoms with van der Waals surface area (Å²) >= 11 is 1.76. The first-order valence-electron chi connectivity index (χ1n) is 13.4.